The van der Waals surface area contributed by atoms with Crippen molar-refractivity contribution in [3.8, 4) is 11.6 Å². The van der Waals surface area contributed by atoms with Crippen LogP contribution in [-0.2, 0) is 14.3 Å². The van der Waals surface area contributed by atoms with Crippen LogP contribution in [0.4, 0.5) is 0 Å². The highest BCUT2D eigenvalue weighted by molar-refractivity contribution is 6.45. The summed E-state index contributed by atoms with van der Waals surface area (Å²) >= 11 is 12.1. The molecule has 1 aliphatic heterocycles. The molecule has 3 aromatic rings. The molecule has 0 spiro atoms. The Bertz CT molecular complexity index is 1300. The highest BCUT2D eigenvalue weighted by atomic mass is 35.5. The van der Waals surface area contributed by atoms with Crippen LogP contribution in [-0.4, -0.2) is 46.8 Å². The van der Waals surface area contributed by atoms with E-state index in [0.29, 0.717) is 16.4 Å². The molecule has 3 heterocycles. The Kier molecular flexibility index (Phi) is 6.25. The van der Waals surface area contributed by atoms with E-state index in [-0.39, 0.29) is 35.0 Å². The summed E-state index contributed by atoms with van der Waals surface area (Å²) in [6.07, 6.45) is 3.36. The number of pyridine rings is 1. The number of halogens is 2. The molecular formula is C23H20Cl2N4O4. The summed E-state index contributed by atoms with van der Waals surface area (Å²) in [7, 11) is 1.48. The van der Waals surface area contributed by atoms with E-state index in [1.54, 1.807) is 36.0 Å². The van der Waals surface area contributed by atoms with Crippen LogP contribution in [0.5, 0.6) is 5.88 Å². The smallest absolute Gasteiger partial charge is 0.326 e. The van der Waals surface area contributed by atoms with Crippen LogP contribution in [0.3, 0.4) is 0 Å². The maximum absolute atomic E-state index is 13.5. The summed E-state index contributed by atoms with van der Waals surface area (Å²) in [5, 5.41) is 18.4. The van der Waals surface area contributed by atoms with E-state index in [0.717, 1.165) is 15.1 Å². The van der Waals surface area contributed by atoms with Crippen molar-refractivity contribution in [1.82, 2.24) is 14.7 Å². The Morgan fingerprint density at radius 2 is 1.76 bits per heavy atom. The van der Waals surface area contributed by atoms with E-state index >= 15 is 0 Å². The first-order valence-electron chi connectivity index (χ1n) is 10.0. The average Bonchev–Trinajstić information content (AvgIpc) is 3.21. The highest BCUT2D eigenvalue weighted by Crippen LogP contribution is 2.37. The van der Waals surface area contributed by atoms with Gasteiger partial charge < -0.3 is 9.84 Å². The molecule has 4 rings (SSSR count). The quantitative estimate of drug-likeness (QED) is 0.394. The molecule has 2 amide bonds. The molecule has 33 heavy (non-hydrogen) atoms. The lowest BCUT2D eigenvalue weighted by atomic mass is 10.0. The lowest BCUT2D eigenvalue weighted by molar-refractivity contribution is -0.577. The number of carbonyl (C=O) groups is 2. The second-order valence-electron chi connectivity index (χ2n) is 7.54. The van der Waals surface area contributed by atoms with E-state index in [2.05, 4.69) is 5.10 Å². The third-order valence-corrected chi connectivity index (χ3v) is 6.07. The molecule has 10 heteroatoms. The van der Waals surface area contributed by atoms with Crippen LogP contribution in [0.15, 0.2) is 42.7 Å². The van der Waals surface area contributed by atoms with Crippen molar-refractivity contribution in [2.45, 2.75) is 13.8 Å². The fourth-order valence-corrected chi connectivity index (χ4v) is 3.94. The number of benzene rings is 1. The SMILES string of the molecule is COCCN1C(=O)C(c2c(C)nn(-c3ccc(Cl)c(Cl)c3)c2[O-])=C([n+]2ccc(C)cc2)C1=O. The number of amides is 2. The number of hydrogen-bond acceptors (Lipinski definition) is 5. The minimum Gasteiger partial charge on any atom is -0.858 e. The molecule has 1 aromatic carbocycles. The van der Waals surface area contributed by atoms with Gasteiger partial charge in [-0.25, -0.2) is 4.68 Å². The predicted molar refractivity (Wildman–Crippen MR) is 121 cm³/mol. The maximum Gasteiger partial charge on any atom is 0.326 e. The lowest BCUT2D eigenvalue weighted by Gasteiger charge is -2.15. The van der Waals surface area contributed by atoms with Gasteiger partial charge in [-0.3, -0.25) is 14.5 Å². The number of methoxy groups -OCH3 is 1. The molecule has 2 aromatic heterocycles. The molecule has 8 nitrogen and oxygen atoms in total. The molecule has 0 N–H and O–H groups in total. The van der Waals surface area contributed by atoms with Crippen LogP contribution < -0.4 is 9.67 Å². The maximum atomic E-state index is 13.5. The van der Waals surface area contributed by atoms with Crippen LogP contribution in [0.2, 0.25) is 10.0 Å². The summed E-state index contributed by atoms with van der Waals surface area (Å²) in [4.78, 5) is 27.7. The number of imide groups is 1. The van der Waals surface area contributed by atoms with Crippen molar-refractivity contribution in [3.63, 3.8) is 0 Å². The number of ether oxygens (including phenoxy) is 1. The van der Waals surface area contributed by atoms with Crippen molar-refractivity contribution < 1.29 is 24.0 Å². The van der Waals surface area contributed by atoms with E-state index in [9.17, 15) is 14.7 Å². The summed E-state index contributed by atoms with van der Waals surface area (Å²) in [5.41, 5.74) is 1.82. The van der Waals surface area contributed by atoms with E-state index in [1.807, 2.05) is 19.1 Å². The predicted octanol–water partition coefficient (Wildman–Crippen LogP) is 2.54. The van der Waals surface area contributed by atoms with Crippen molar-refractivity contribution in [2.75, 3.05) is 20.3 Å². The topological polar surface area (TPSA) is 91.4 Å². The van der Waals surface area contributed by atoms with Gasteiger partial charge in [0.1, 0.15) is 5.57 Å². The number of hydrogen-bond donors (Lipinski definition) is 0. The normalized spacial score (nSPS) is 14.0. The zero-order chi connectivity index (χ0) is 23.9. The minimum atomic E-state index is -0.575. The second-order valence-corrected chi connectivity index (χ2v) is 8.35. The molecule has 0 atom stereocenters. The Balaban J connectivity index is 1.92. The van der Waals surface area contributed by atoms with E-state index in [1.165, 1.54) is 13.2 Å². The summed E-state index contributed by atoms with van der Waals surface area (Å²) in [6.45, 7) is 3.75. The minimum absolute atomic E-state index is 0.00114. The van der Waals surface area contributed by atoms with Crippen LogP contribution in [0, 0.1) is 13.8 Å². The zero-order valence-electron chi connectivity index (χ0n) is 18.1. The van der Waals surface area contributed by atoms with Gasteiger partial charge in [0, 0.05) is 24.8 Å². The van der Waals surface area contributed by atoms with E-state index < -0.39 is 17.7 Å². The number of nitrogens with zero attached hydrogens (tertiary/aromatic N) is 4. The summed E-state index contributed by atoms with van der Waals surface area (Å²) in [6, 6.07) is 8.29. The first-order valence-corrected chi connectivity index (χ1v) is 10.8. The fraction of sp³-hybridized carbons (Fsp3) is 0.217. The Hall–Kier alpha value is -3.20. The van der Waals surface area contributed by atoms with Gasteiger partial charge in [-0.15, -0.1) is 0 Å². The molecule has 170 valence electrons. The van der Waals surface area contributed by atoms with Gasteiger partial charge in [0.25, 0.3) is 11.6 Å². The van der Waals surface area contributed by atoms with Crippen molar-refractivity contribution in [3.05, 3.63) is 69.6 Å². The van der Waals surface area contributed by atoms with Gasteiger partial charge >= 0.3 is 5.91 Å². The lowest BCUT2D eigenvalue weighted by Crippen LogP contribution is -2.40. The molecule has 0 fully saturated rings. The monoisotopic (exact) mass is 486 g/mol. The Morgan fingerprint density at radius 3 is 2.39 bits per heavy atom. The van der Waals surface area contributed by atoms with E-state index in [4.69, 9.17) is 27.9 Å². The van der Waals surface area contributed by atoms with Crippen molar-refractivity contribution in [1.29, 1.82) is 0 Å². The Labute approximate surface area is 200 Å². The number of rotatable bonds is 6. The summed E-state index contributed by atoms with van der Waals surface area (Å²) in [5.74, 6) is -1.63. The standard InChI is InChI=1S/C23H20Cl2N4O4/c1-13-6-8-27(9-7-13)20-19(21(30)28(23(20)32)10-11-33-3)18-14(2)26-29(22(18)31)15-4-5-16(24)17(25)12-15/h4-9,12H,10-11H2,1-3H3. The van der Waals surface area contributed by atoms with Gasteiger partial charge in [-0.05, 0) is 43.5 Å². The molecule has 0 radical (unpaired) electrons. The molecular weight excluding hydrogens is 467 g/mol. The first-order chi connectivity index (χ1) is 15.7. The van der Waals surface area contributed by atoms with Crippen molar-refractivity contribution in [2.24, 2.45) is 0 Å². The summed E-state index contributed by atoms with van der Waals surface area (Å²) < 4.78 is 7.75. The number of carbonyl (C=O) groups excluding carboxylic acids is 2. The third-order valence-electron chi connectivity index (χ3n) is 5.33. The average molecular weight is 487 g/mol. The van der Waals surface area contributed by atoms with Crippen LogP contribution in [0.1, 0.15) is 16.8 Å². The molecule has 0 bridgehead atoms. The molecule has 0 aliphatic carbocycles. The Morgan fingerprint density at radius 1 is 1.06 bits per heavy atom. The number of aromatic nitrogens is 3. The second kappa shape index (κ2) is 8.97. The van der Waals surface area contributed by atoms with Gasteiger partial charge in [0.2, 0.25) is 0 Å². The van der Waals surface area contributed by atoms with Crippen molar-refractivity contribution >= 4 is 46.3 Å². The molecule has 1 aliphatic rings. The van der Waals surface area contributed by atoms with Gasteiger partial charge in [-0.2, -0.15) is 9.67 Å². The first kappa shape index (κ1) is 23.0. The van der Waals surface area contributed by atoms with Crippen LogP contribution in [0.25, 0.3) is 17.0 Å². The largest absolute Gasteiger partial charge is 0.858 e. The van der Waals surface area contributed by atoms with Gasteiger partial charge in [0.05, 0.1) is 34.6 Å². The number of aryl methyl sites for hydroxylation is 2. The van der Waals surface area contributed by atoms with Gasteiger partial charge in [-0.1, -0.05) is 23.2 Å². The molecule has 0 saturated heterocycles. The third kappa shape index (κ3) is 4.01. The zero-order valence-corrected chi connectivity index (χ0v) is 19.6. The van der Waals surface area contributed by atoms with Gasteiger partial charge in [0.15, 0.2) is 12.4 Å². The molecule has 0 saturated carbocycles. The van der Waals surface area contributed by atoms with Crippen LogP contribution >= 0.6 is 23.2 Å². The molecule has 0 unspecified atom stereocenters. The highest BCUT2D eigenvalue weighted by Gasteiger charge is 2.46. The fourth-order valence-electron chi connectivity index (χ4n) is 3.65.